The highest BCUT2D eigenvalue weighted by Gasteiger charge is 2.28. The number of fused-ring (bicyclic) bond motifs is 1. The van der Waals surface area contributed by atoms with Crippen molar-refractivity contribution in [1.29, 1.82) is 0 Å². The Morgan fingerprint density at radius 1 is 1.15 bits per heavy atom. The first-order valence-corrected chi connectivity index (χ1v) is 11.4. The standard InChI is InChI=1S/C26H29FN4O3/c1-29(2)11-6-12-31-14-13-30(17-23(31)32)16-21-24(26(33)34)20-15-19(27)9-10-22(20)28-25(21)18-7-4-3-5-8-18/h3-5,7-10,15H,6,11-14,16-17H2,1-2H3,(H,33,34). The molecule has 1 amide bonds. The topological polar surface area (TPSA) is 77.0 Å². The first-order chi connectivity index (χ1) is 16.3. The first kappa shape index (κ1) is 23.8. The van der Waals surface area contributed by atoms with Crippen LogP contribution in [0.15, 0.2) is 48.5 Å². The molecular weight excluding hydrogens is 435 g/mol. The minimum atomic E-state index is -1.14. The van der Waals surface area contributed by atoms with Crippen molar-refractivity contribution in [2.45, 2.75) is 13.0 Å². The van der Waals surface area contributed by atoms with Gasteiger partial charge >= 0.3 is 5.97 Å². The van der Waals surface area contributed by atoms with Gasteiger partial charge in [-0.3, -0.25) is 9.69 Å². The fourth-order valence-electron chi connectivity index (χ4n) is 4.44. The van der Waals surface area contributed by atoms with Crippen molar-refractivity contribution in [2.75, 3.05) is 46.8 Å². The van der Waals surface area contributed by atoms with Crippen LogP contribution in [0.4, 0.5) is 4.39 Å². The number of pyridine rings is 1. The third kappa shape index (κ3) is 5.24. The van der Waals surface area contributed by atoms with Gasteiger partial charge in [-0.05, 0) is 45.3 Å². The molecule has 1 aromatic heterocycles. The van der Waals surface area contributed by atoms with E-state index in [0.717, 1.165) is 18.5 Å². The lowest BCUT2D eigenvalue weighted by Gasteiger charge is -2.35. The number of hydrogen-bond acceptors (Lipinski definition) is 5. The predicted molar refractivity (Wildman–Crippen MR) is 129 cm³/mol. The molecule has 0 bridgehead atoms. The third-order valence-corrected chi connectivity index (χ3v) is 6.12. The summed E-state index contributed by atoms with van der Waals surface area (Å²) in [7, 11) is 4.02. The Balaban J connectivity index is 1.68. The molecule has 1 N–H and O–H groups in total. The number of aromatic carboxylic acids is 1. The largest absolute Gasteiger partial charge is 0.478 e. The smallest absolute Gasteiger partial charge is 0.336 e. The maximum Gasteiger partial charge on any atom is 0.336 e. The average Bonchev–Trinajstić information content (AvgIpc) is 2.80. The van der Waals surface area contributed by atoms with Gasteiger partial charge in [0.25, 0.3) is 0 Å². The quantitative estimate of drug-likeness (QED) is 0.551. The van der Waals surface area contributed by atoms with E-state index >= 15 is 0 Å². The van der Waals surface area contributed by atoms with E-state index in [4.69, 9.17) is 4.98 Å². The highest BCUT2D eigenvalue weighted by molar-refractivity contribution is 6.05. The molecule has 8 heteroatoms. The number of rotatable bonds is 8. The fourth-order valence-corrected chi connectivity index (χ4v) is 4.44. The molecule has 34 heavy (non-hydrogen) atoms. The number of aromatic nitrogens is 1. The molecule has 2 aromatic carbocycles. The zero-order valence-electron chi connectivity index (χ0n) is 19.5. The second-order valence-corrected chi connectivity index (χ2v) is 8.89. The van der Waals surface area contributed by atoms with Gasteiger partial charge < -0.3 is 14.9 Å². The van der Waals surface area contributed by atoms with Crippen molar-refractivity contribution >= 4 is 22.8 Å². The van der Waals surface area contributed by atoms with Crippen LogP contribution in [0, 0.1) is 5.82 Å². The summed E-state index contributed by atoms with van der Waals surface area (Å²) in [5, 5.41) is 10.4. The highest BCUT2D eigenvalue weighted by Crippen LogP contribution is 2.32. The minimum absolute atomic E-state index is 0.0305. The Bertz CT molecular complexity index is 1200. The third-order valence-electron chi connectivity index (χ3n) is 6.12. The van der Waals surface area contributed by atoms with E-state index in [1.54, 1.807) is 0 Å². The van der Waals surface area contributed by atoms with Crippen LogP contribution in [-0.4, -0.2) is 83.5 Å². The first-order valence-electron chi connectivity index (χ1n) is 11.4. The molecule has 3 aromatic rings. The molecule has 1 fully saturated rings. The Hall–Kier alpha value is -3.36. The molecule has 1 aliphatic rings. The number of hydrogen-bond donors (Lipinski definition) is 1. The molecule has 7 nitrogen and oxygen atoms in total. The van der Waals surface area contributed by atoms with Crippen LogP contribution in [0.25, 0.3) is 22.2 Å². The summed E-state index contributed by atoms with van der Waals surface area (Å²) in [5.74, 6) is -1.63. The van der Waals surface area contributed by atoms with Gasteiger partial charge in [-0.2, -0.15) is 0 Å². The van der Waals surface area contributed by atoms with Gasteiger partial charge in [-0.15, -0.1) is 0 Å². The van der Waals surface area contributed by atoms with Crippen LogP contribution in [0.1, 0.15) is 22.3 Å². The molecule has 0 unspecified atom stereocenters. The zero-order valence-corrected chi connectivity index (χ0v) is 19.5. The van der Waals surface area contributed by atoms with Crippen LogP contribution in [0.2, 0.25) is 0 Å². The second-order valence-electron chi connectivity index (χ2n) is 8.89. The van der Waals surface area contributed by atoms with Gasteiger partial charge in [-0.25, -0.2) is 14.2 Å². The number of carbonyl (C=O) groups is 2. The molecule has 178 valence electrons. The van der Waals surface area contributed by atoms with Gasteiger partial charge in [0.1, 0.15) is 5.82 Å². The van der Waals surface area contributed by atoms with Crippen molar-refractivity contribution in [3.63, 3.8) is 0 Å². The molecule has 1 aliphatic heterocycles. The number of piperazine rings is 1. The molecular formula is C26H29FN4O3. The number of amides is 1. The Morgan fingerprint density at radius 2 is 1.91 bits per heavy atom. The number of benzene rings is 2. The number of carbonyl (C=O) groups excluding carboxylic acids is 1. The fraction of sp³-hybridized carbons (Fsp3) is 0.346. The van der Waals surface area contributed by atoms with Gasteiger partial charge in [0, 0.05) is 42.7 Å². The number of carboxylic acids is 1. The number of halogens is 1. The van der Waals surface area contributed by atoms with Crippen LogP contribution in [0.3, 0.4) is 0 Å². The van der Waals surface area contributed by atoms with E-state index in [2.05, 4.69) is 4.90 Å². The number of nitrogens with zero attached hydrogens (tertiary/aromatic N) is 4. The van der Waals surface area contributed by atoms with E-state index in [1.165, 1.54) is 18.2 Å². The molecule has 4 rings (SSSR count). The molecule has 0 atom stereocenters. The summed E-state index contributed by atoms with van der Waals surface area (Å²) >= 11 is 0. The SMILES string of the molecule is CN(C)CCCN1CCN(Cc2c(-c3ccccc3)nc3ccc(F)cc3c2C(=O)O)CC1=O. The van der Waals surface area contributed by atoms with E-state index in [-0.39, 0.29) is 29.9 Å². The van der Waals surface area contributed by atoms with Gasteiger partial charge in [0.05, 0.1) is 23.3 Å². The summed E-state index contributed by atoms with van der Waals surface area (Å²) in [6.07, 6.45) is 0.903. The Morgan fingerprint density at radius 3 is 2.59 bits per heavy atom. The van der Waals surface area contributed by atoms with Gasteiger partial charge in [-0.1, -0.05) is 30.3 Å². The predicted octanol–water partition coefficient (Wildman–Crippen LogP) is 3.34. The lowest BCUT2D eigenvalue weighted by molar-refractivity contribution is -0.136. The van der Waals surface area contributed by atoms with Crippen LogP contribution < -0.4 is 0 Å². The van der Waals surface area contributed by atoms with E-state index in [0.29, 0.717) is 36.4 Å². The van der Waals surface area contributed by atoms with E-state index < -0.39 is 11.8 Å². The normalized spacial score (nSPS) is 14.8. The Labute approximate surface area is 198 Å². The maximum absolute atomic E-state index is 14.1. The van der Waals surface area contributed by atoms with Crippen molar-refractivity contribution in [3.05, 3.63) is 65.5 Å². The van der Waals surface area contributed by atoms with Crippen LogP contribution in [0.5, 0.6) is 0 Å². The van der Waals surface area contributed by atoms with Crippen molar-refractivity contribution in [3.8, 4) is 11.3 Å². The average molecular weight is 465 g/mol. The Kier molecular flexibility index (Phi) is 7.19. The number of carboxylic acid groups (broad SMARTS) is 1. The minimum Gasteiger partial charge on any atom is -0.478 e. The monoisotopic (exact) mass is 464 g/mol. The molecule has 1 saturated heterocycles. The summed E-state index contributed by atoms with van der Waals surface area (Å²) in [4.78, 5) is 35.8. The van der Waals surface area contributed by atoms with Crippen molar-refractivity contribution in [2.24, 2.45) is 0 Å². The summed E-state index contributed by atoms with van der Waals surface area (Å²) in [5.41, 5.74) is 2.26. The summed E-state index contributed by atoms with van der Waals surface area (Å²) in [6, 6.07) is 13.4. The lowest BCUT2D eigenvalue weighted by atomic mass is 9.96. The van der Waals surface area contributed by atoms with Gasteiger partial charge in [0.2, 0.25) is 5.91 Å². The summed E-state index contributed by atoms with van der Waals surface area (Å²) < 4.78 is 14.1. The van der Waals surface area contributed by atoms with Gasteiger partial charge in [0.15, 0.2) is 0 Å². The van der Waals surface area contributed by atoms with Crippen molar-refractivity contribution in [1.82, 2.24) is 19.7 Å². The second kappa shape index (κ2) is 10.3. The van der Waals surface area contributed by atoms with Crippen molar-refractivity contribution < 1.29 is 19.1 Å². The van der Waals surface area contributed by atoms with E-state index in [1.807, 2.05) is 54.2 Å². The molecule has 0 saturated carbocycles. The van der Waals surface area contributed by atoms with E-state index in [9.17, 15) is 19.1 Å². The highest BCUT2D eigenvalue weighted by atomic mass is 19.1. The van der Waals surface area contributed by atoms with Crippen LogP contribution in [-0.2, 0) is 11.3 Å². The lowest BCUT2D eigenvalue weighted by Crippen LogP contribution is -2.50. The van der Waals surface area contributed by atoms with Crippen LogP contribution >= 0.6 is 0 Å². The zero-order chi connectivity index (χ0) is 24.2. The molecule has 0 aliphatic carbocycles. The molecule has 0 spiro atoms. The molecule has 2 heterocycles. The molecule has 0 radical (unpaired) electrons. The maximum atomic E-state index is 14.1. The summed E-state index contributed by atoms with van der Waals surface area (Å²) in [6.45, 7) is 3.28.